The SMILES string of the molecule is Cc1cc(-c2nc3cccnn3c2-c2ccnc(NC(=O)O)c2)ccc1F. The quantitative estimate of drug-likeness (QED) is 0.574. The Kier molecular flexibility index (Phi) is 4.00. The summed E-state index contributed by atoms with van der Waals surface area (Å²) in [6.45, 7) is 1.69. The molecule has 0 saturated carbocycles. The van der Waals surface area contributed by atoms with E-state index >= 15 is 0 Å². The summed E-state index contributed by atoms with van der Waals surface area (Å²) in [6.07, 6.45) is 1.93. The number of halogens is 1. The van der Waals surface area contributed by atoms with Crippen molar-refractivity contribution >= 4 is 17.6 Å². The first-order valence-corrected chi connectivity index (χ1v) is 8.09. The molecule has 0 saturated heterocycles. The molecule has 0 atom stereocenters. The summed E-state index contributed by atoms with van der Waals surface area (Å²) in [4.78, 5) is 19.6. The Bertz CT molecular complexity index is 1170. The van der Waals surface area contributed by atoms with Crippen LogP contribution in [0.2, 0.25) is 0 Å². The fourth-order valence-corrected chi connectivity index (χ4v) is 2.90. The fourth-order valence-electron chi connectivity index (χ4n) is 2.90. The lowest BCUT2D eigenvalue weighted by Crippen LogP contribution is -2.08. The number of pyridine rings is 1. The molecule has 0 aliphatic heterocycles. The molecule has 0 bridgehead atoms. The van der Waals surface area contributed by atoms with E-state index in [1.807, 2.05) is 6.07 Å². The molecule has 0 unspecified atom stereocenters. The van der Waals surface area contributed by atoms with Gasteiger partial charge in [-0.25, -0.2) is 23.7 Å². The van der Waals surface area contributed by atoms with Crippen molar-refractivity contribution < 1.29 is 14.3 Å². The van der Waals surface area contributed by atoms with Crippen molar-refractivity contribution in [2.75, 3.05) is 5.32 Å². The summed E-state index contributed by atoms with van der Waals surface area (Å²) >= 11 is 0. The second-order valence-electron chi connectivity index (χ2n) is 5.93. The largest absolute Gasteiger partial charge is 0.465 e. The zero-order valence-electron chi connectivity index (χ0n) is 14.2. The van der Waals surface area contributed by atoms with E-state index in [0.29, 0.717) is 28.2 Å². The van der Waals surface area contributed by atoms with Crippen molar-refractivity contribution in [1.82, 2.24) is 19.6 Å². The highest BCUT2D eigenvalue weighted by atomic mass is 19.1. The average molecular weight is 363 g/mol. The molecular formula is C19H14FN5O2. The lowest BCUT2D eigenvalue weighted by molar-refractivity contribution is 0.209. The third-order valence-corrected chi connectivity index (χ3v) is 4.09. The van der Waals surface area contributed by atoms with Crippen LogP contribution in [-0.2, 0) is 0 Å². The van der Waals surface area contributed by atoms with Crippen LogP contribution in [0, 0.1) is 12.7 Å². The van der Waals surface area contributed by atoms with Crippen molar-refractivity contribution in [3.63, 3.8) is 0 Å². The van der Waals surface area contributed by atoms with E-state index < -0.39 is 6.09 Å². The number of benzene rings is 1. The molecule has 1 amide bonds. The smallest absolute Gasteiger partial charge is 0.410 e. The van der Waals surface area contributed by atoms with Crippen LogP contribution in [0.4, 0.5) is 15.0 Å². The molecule has 3 heterocycles. The van der Waals surface area contributed by atoms with Gasteiger partial charge >= 0.3 is 6.09 Å². The number of nitrogens with zero attached hydrogens (tertiary/aromatic N) is 4. The van der Waals surface area contributed by atoms with Gasteiger partial charge < -0.3 is 5.11 Å². The summed E-state index contributed by atoms with van der Waals surface area (Å²) < 4.78 is 15.4. The van der Waals surface area contributed by atoms with Crippen LogP contribution in [0.25, 0.3) is 28.2 Å². The number of carbonyl (C=O) groups is 1. The van der Waals surface area contributed by atoms with Gasteiger partial charge in [0, 0.05) is 23.5 Å². The van der Waals surface area contributed by atoms with E-state index in [0.717, 1.165) is 5.56 Å². The van der Waals surface area contributed by atoms with Crippen LogP contribution in [0.15, 0.2) is 54.9 Å². The summed E-state index contributed by atoms with van der Waals surface area (Å²) in [5, 5.41) is 15.5. The van der Waals surface area contributed by atoms with Crippen molar-refractivity contribution in [3.8, 4) is 22.5 Å². The van der Waals surface area contributed by atoms with E-state index in [2.05, 4.69) is 20.4 Å². The van der Waals surface area contributed by atoms with E-state index in [1.165, 1.54) is 12.3 Å². The number of hydrogen-bond donors (Lipinski definition) is 2. The molecule has 0 aliphatic rings. The van der Waals surface area contributed by atoms with Crippen LogP contribution in [0.1, 0.15) is 5.56 Å². The van der Waals surface area contributed by atoms with E-state index in [-0.39, 0.29) is 11.6 Å². The number of anilines is 1. The molecule has 0 aliphatic carbocycles. The zero-order chi connectivity index (χ0) is 19.0. The normalized spacial score (nSPS) is 10.9. The minimum absolute atomic E-state index is 0.187. The third kappa shape index (κ3) is 3.08. The number of hydrogen-bond acceptors (Lipinski definition) is 4. The third-order valence-electron chi connectivity index (χ3n) is 4.09. The van der Waals surface area contributed by atoms with Crippen LogP contribution in [-0.4, -0.2) is 30.8 Å². The molecule has 4 aromatic rings. The maximum absolute atomic E-state index is 13.7. The van der Waals surface area contributed by atoms with Gasteiger partial charge in [0.05, 0.1) is 5.69 Å². The Morgan fingerprint density at radius 3 is 2.78 bits per heavy atom. The number of aryl methyl sites for hydroxylation is 1. The second-order valence-corrected chi connectivity index (χ2v) is 5.93. The van der Waals surface area contributed by atoms with Gasteiger partial charge in [-0.1, -0.05) is 0 Å². The summed E-state index contributed by atoms with van der Waals surface area (Å²) in [5.41, 5.74) is 3.81. The number of fused-ring (bicyclic) bond motifs is 1. The predicted molar refractivity (Wildman–Crippen MR) is 98.0 cm³/mol. The monoisotopic (exact) mass is 363 g/mol. The molecule has 4 rings (SSSR count). The molecule has 8 heteroatoms. The Hall–Kier alpha value is -3.81. The molecule has 3 aromatic heterocycles. The van der Waals surface area contributed by atoms with Gasteiger partial charge in [0.15, 0.2) is 5.65 Å². The van der Waals surface area contributed by atoms with Gasteiger partial charge in [-0.15, -0.1) is 0 Å². The highest BCUT2D eigenvalue weighted by Gasteiger charge is 2.18. The lowest BCUT2D eigenvalue weighted by atomic mass is 10.0. The fraction of sp³-hybridized carbons (Fsp3) is 0.0526. The van der Waals surface area contributed by atoms with Crippen LogP contribution in [0.3, 0.4) is 0 Å². The van der Waals surface area contributed by atoms with Gasteiger partial charge in [0.25, 0.3) is 0 Å². The zero-order valence-corrected chi connectivity index (χ0v) is 14.2. The second kappa shape index (κ2) is 6.49. The van der Waals surface area contributed by atoms with Crippen molar-refractivity contribution in [3.05, 3.63) is 66.2 Å². The van der Waals surface area contributed by atoms with E-state index in [4.69, 9.17) is 5.11 Å². The van der Waals surface area contributed by atoms with E-state index in [1.54, 1.807) is 48.0 Å². The Morgan fingerprint density at radius 2 is 2.00 bits per heavy atom. The Morgan fingerprint density at radius 1 is 1.15 bits per heavy atom. The number of aromatic nitrogens is 4. The summed E-state index contributed by atoms with van der Waals surface area (Å²) in [7, 11) is 0. The number of nitrogens with one attached hydrogen (secondary N) is 1. The minimum Gasteiger partial charge on any atom is -0.465 e. The summed E-state index contributed by atoms with van der Waals surface area (Å²) in [6, 6.07) is 11.7. The first-order chi connectivity index (χ1) is 13.0. The average Bonchev–Trinajstić information content (AvgIpc) is 3.03. The number of carboxylic acid groups (broad SMARTS) is 1. The Labute approximate surface area is 153 Å². The van der Waals surface area contributed by atoms with Gasteiger partial charge in [-0.2, -0.15) is 5.10 Å². The maximum atomic E-state index is 13.7. The van der Waals surface area contributed by atoms with Gasteiger partial charge in [0.2, 0.25) is 0 Å². The topological polar surface area (TPSA) is 92.4 Å². The highest BCUT2D eigenvalue weighted by molar-refractivity contribution is 5.85. The van der Waals surface area contributed by atoms with Crippen molar-refractivity contribution in [2.24, 2.45) is 0 Å². The molecule has 0 fully saturated rings. The van der Waals surface area contributed by atoms with Gasteiger partial charge in [0.1, 0.15) is 17.3 Å². The molecular weight excluding hydrogens is 349 g/mol. The summed E-state index contributed by atoms with van der Waals surface area (Å²) in [5.74, 6) is -0.105. The molecule has 134 valence electrons. The Balaban J connectivity index is 1.96. The number of rotatable bonds is 3. The lowest BCUT2D eigenvalue weighted by Gasteiger charge is -2.07. The molecule has 0 spiro atoms. The first-order valence-electron chi connectivity index (χ1n) is 8.09. The minimum atomic E-state index is -1.20. The van der Waals surface area contributed by atoms with E-state index in [9.17, 15) is 9.18 Å². The molecule has 1 aromatic carbocycles. The molecule has 0 radical (unpaired) electrons. The van der Waals surface area contributed by atoms with Crippen LogP contribution in [0.5, 0.6) is 0 Å². The van der Waals surface area contributed by atoms with Crippen LogP contribution < -0.4 is 5.32 Å². The van der Waals surface area contributed by atoms with Crippen molar-refractivity contribution in [2.45, 2.75) is 6.92 Å². The highest BCUT2D eigenvalue weighted by Crippen LogP contribution is 2.33. The molecule has 7 nitrogen and oxygen atoms in total. The first kappa shape index (κ1) is 16.6. The number of imidazole rings is 1. The van der Waals surface area contributed by atoms with Gasteiger partial charge in [-0.3, -0.25) is 5.32 Å². The molecule has 2 N–H and O–H groups in total. The maximum Gasteiger partial charge on any atom is 0.410 e. The van der Waals surface area contributed by atoms with Crippen LogP contribution >= 0.6 is 0 Å². The van der Waals surface area contributed by atoms with Crippen molar-refractivity contribution in [1.29, 1.82) is 0 Å². The standard InChI is InChI=1S/C19H14FN5O2/c1-11-9-12(4-5-14(11)20)17-18(25-16(24-17)3-2-7-22-25)13-6-8-21-15(10-13)23-19(26)27/h2-10H,1H3,(H,21,23)(H,26,27). The van der Waals surface area contributed by atoms with Gasteiger partial charge in [-0.05, 0) is 55.0 Å². The molecule has 27 heavy (non-hydrogen) atoms. The predicted octanol–water partition coefficient (Wildman–Crippen LogP) is 4.00. The number of amides is 1.